The number of fused-ring (bicyclic) bond motifs is 1. The zero-order valence-electron chi connectivity index (χ0n) is 19.7. The molecule has 0 spiro atoms. The molecular formula is C25H22F5N3O3S. The minimum Gasteiger partial charge on any atom is -0.496 e. The van der Waals surface area contributed by atoms with E-state index in [1.165, 1.54) is 36.2 Å². The monoisotopic (exact) mass is 539 g/mol. The summed E-state index contributed by atoms with van der Waals surface area (Å²) in [5.74, 6) is -0.0757. The first-order chi connectivity index (χ1) is 17.6. The number of halogens is 5. The van der Waals surface area contributed by atoms with E-state index in [0.29, 0.717) is 22.6 Å². The molecule has 2 aromatic carbocycles. The molecule has 0 radical (unpaired) electrons. The number of thioether (sulfide) groups is 1. The van der Waals surface area contributed by atoms with Crippen LogP contribution in [-0.4, -0.2) is 40.4 Å². The first-order valence-electron chi connectivity index (χ1n) is 11.0. The van der Waals surface area contributed by atoms with Crippen LogP contribution in [0.1, 0.15) is 12.7 Å². The van der Waals surface area contributed by atoms with E-state index in [2.05, 4.69) is 14.9 Å². The van der Waals surface area contributed by atoms with Crippen molar-refractivity contribution in [3.63, 3.8) is 0 Å². The summed E-state index contributed by atoms with van der Waals surface area (Å²) in [6.45, 7) is 1.56. The van der Waals surface area contributed by atoms with Gasteiger partial charge in [-0.15, -0.1) is 35.1 Å². The van der Waals surface area contributed by atoms with Crippen molar-refractivity contribution in [2.45, 2.75) is 24.3 Å². The number of rotatable bonds is 10. The minimum absolute atomic E-state index is 0.166. The summed E-state index contributed by atoms with van der Waals surface area (Å²) in [5.41, 5.74) is 1.12. The molecule has 4 aromatic rings. The van der Waals surface area contributed by atoms with Crippen molar-refractivity contribution in [3.05, 3.63) is 72.7 Å². The summed E-state index contributed by atoms with van der Waals surface area (Å²) < 4.78 is 82.5. The van der Waals surface area contributed by atoms with E-state index in [9.17, 15) is 13.2 Å². The maximum atomic E-state index is 15.0. The van der Waals surface area contributed by atoms with E-state index >= 15 is 8.78 Å². The van der Waals surface area contributed by atoms with Gasteiger partial charge in [0.2, 0.25) is 5.82 Å². The fourth-order valence-electron chi connectivity index (χ4n) is 3.44. The van der Waals surface area contributed by atoms with Crippen LogP contribution in [0, 0.1) is 5.92 Å². The number of aromatic nitrogens is 3. The second kappa shape index (κ2) is 10.9. The molecule has 0 aliphatic rings. The summed E-state index contributed by atoms with van der Waals surface area (Å²) in [6.07, 6.45) is -7.16. The average molecular weight is 540 g/mol. The molecule has 2 heterocycles. The Balaban J connectivity index is 1.45. The SMILES string of the molecule is COc1ccccc1SCC(C)COC(F)(F)c1nnc2ccc(-c3ccc(OC(F)(F)F)cc3)cn12. The molecule has 0 N–H and O–H groups in total. The summed E-state index contributed by atoms with van der Waals surface area (Å²) in [7, 11) is 1.57. The minimum atomic E-state index is -4.81. The van der Waals surface area contributed by atoms with Crippen molar-refractivity contribution >= 4 is 17.4 Å². The smallest absolute Gasteiger partial charge is 0.496 e. The van der Waals surface area contributed by atoms with E-state index in [1.807, 2.05) is 24.3 Å². The van der Waals surface area contributed by atoms with E-state index in [1.54, 1.807) is 20.1 Å². The standard InChI is InChI=1S/C25H22F5N3O3S/c1-16(15-37-21-6-4-3-5-20(21)34-2)14-35-24(26,27)23-32-31-22-12-9-18(13-33(22)23)17-7-10-19(11-8-17)36-25(28,29)30/h3-13,16H,14-15H2,1-2H3. The fourth-order valence-corrected chi connectivity index (χ4v) is 4.47. The number of ether oxygens (including phenoxy) is 3. The molecule has 37 heavy (non-hydrogen) atoms. The van der Waals surface area contributed by atoms with Gasteiger partial charge in [0.15, 0.2) is 5.65 Å². The molecule has 2 aromatic heterocycles. The Kier molecular flexibility index (Phi) is 7.88. The zero-order chi connectivity index (χ0) is 26.6. The Hall–Kier alpha value is -3.38. The van der Waals surface area contributed by atoms with Gasteiger partial charge in [-0.25, -0.2) is 0 Å². The van der Waals surface area contributed by atoms with Crippen LogP contribution in [-0.2, 0) is 10.8 Å². The van der Waals surface area contributed by atoms with E-state index in [-0.39, 0.29) is 23.9 Å². The van der Waals surface area contributed by atoms with Crippen LogP contribution in [0.2, 0.25) is 0 Å². The molecule has 0 saturated carbocycles. The average Bonchev–Trinajstić information content (AvgIpc) is 3.30. The van der Waals surface area contributed by atoms with Crippen LogP contribution in [0.15, 0.2) is 71.8 Å². The van der Waals surface area contributed by atoms with Crippen LogP contribution in [0.4, 0.5) is 22.0 Å². The highest BCUT2D eigenvalue weighted by Crippen LogP contribution is 2.33. The van der Waals surface area contributed by atoms with Crippen molar-refractivity contribution in [1.82, 2.24) is 14.6 Å². The lowest BCUT2D eigenvalue weighted by Crippen LogP contribution is -2.25. The molecule has 1 unspecified atom stereocenters. The number of hydrogen-bond acceptors (Lipinski definition) is 6. The van der Waals surface area contributed by atoms with Crippen molar-refractivity contribution in [1.29, 1.82) is 0 Å². The van der Waals surface area contributed by atoms with Crippen molar-refractivity contribution in [3.8, 4) is 22.6 Å². The quantitative estimate of drug-likeness (QED) is 0.163. The maximum absolute atomic E-state index is 15.0. The van der Waals surface area contributed by atoms with E-state index in [4.69, 9.17) is 9.47 Å². The Morgan fingerprint density at radius 3 is 2.32 bits per heavy atom. The van der Waals surface area contributed by atoms with Crippen LogP contribution < -0.4 is 9.47 Å². The normalized spacial score (nSPS) is 13.1. The molecule has 0 amide bonds. The molecule has 12 heteroatoms. The molecule has 196 valence electrons. The van der Waals surface area contributed by atoms with E-state index < -0.39 is 18.3 Å². The molecule has 4 rings (SSSR count). The molecular weight excluding hydrogens is 517 g/mol. The molecule has 6 nitrogen and oxygen atoms in total. The second-order valence-electron chi connectivity index (χ2n) is 8.14. The second-order valence-corrected chi connectivity index (χ2v) is 9.20. The fraction of sp³-hybridized carbons (Fsp3) is 0.280. The van der Waals surface area contributed by atoms with Crippen LogP contribution in [0.25, 0.3) is 16.8 Å². The van der Waals surface area contributed by atoms with Gasteiger partial charge in [0.05, 0.1) is 13.7 Å². The third-order valence-corrected chi connectivity index (χ3v) is 6.61. The summed E-state index contributed by atoms with van der Waals surface area (Å²) >= 11 is 1.48. The topological polar surface area (TPSA) is 57.9 Å². The van der Waals surface area contributed by atoms with Crippen molar-refractivity contribution < 1.29 is 36.2 Å². The van der Waals surface area contributed by atoms with Gasteiger partial charge in [-0.05, 0) is 53.4 Å². The summed E-state index contributed by atoms with van der Waals surface area (Å²) in [6, 6.07) is 15.6. The molecule has 0 saturated heterocycles. The predicted molar refractivity (Wildman–Crippen MR) is 128 cm³/mol. The van der Waals surface area contributed by atoms with E-state index in [0.717, 1.165) is 21.4 Å². The Morgan fingerprint density at radius 2 is 1.62 bits per heavy atom. The summed E-state index contributed by atoms with van der Waals surface area (Å²) in [4.78, 5) is 0.901. The van der Waals surface area contributed by atoms with Crippen molar-refractivity contribution in [2.75, 3.05) is 19.5 Å². The third kappa shape index (κ3) is 6.69. The van der Waals surface area contributed by atoms with Crippen LogP contribution in [0.5, 0.6) is 11.5 Å². The number of benzene rings is 2. The number of methoxy groups -OCH3 is 1. The van der Waals surface area contributed by atoms with Gasteiger partial charge in [0.25, 0.3) is 0 Å². The number of pyridine rings is 1. The zero-order valence-corrected chi connectivity index (χ0v) is 20.5. The molecule has 0 aliphatic heterocycles. The first-order valence-corrected chi connectivity index (χ1v) is 12.0. The van der Waals surface area contributed by atoms with Gasteiger partial charge in [0.1, 0.15) is 11.5 Å². The molecule has 0 bridgehead atoms. The first kappa shape index (κ1) is 26.7. The predicted octanol–water partition coefficient (Wildman–Crippen LogP) is 6.80. The lowest BCUT2D eigenvalue weighted by atomic mass is 10.1. The van der Waals surface area contributed by atoms with Crippen LogP contribution >= 0.6 is 11.8 Å². The number of alkyl halides is 5. The van der Waals surface area contributed by atoms with Gasteiger partial charge in [-0.2, -0.15) is 8.78 Å². The maximum Gasteiger partial charge on any atom is 0.573 e. The Bertz CT molecular complexity index is 1350. The highest BCUT2D eigenvalue weighted by molar-refractivity contribution is 7.99. The Labute approximate surface area is 213 Å². The molecule has 1 atom stereocenters. The van der Waals surface area contributed by atoms with Gasteiger partial charge in [-0.3, -0.25) is 4.40 Å². The highest BCUT2D eigenvalue weighted by atomic mass is 32.2. The Morgan fingerprint density at radius 1 is 0.919 bits per heavy atom. The lowest BCUT2D eigenvalue weighted by Gasteiger charge is -2.19. The molecule has 0 aliphatic carbocycles. The number of hydrogen-bond donors (Lipinski definition) is 0. The van der Waals surface area contributed by atoms with Gasteiger partial charge >= 0.3 is 12.5 Å². The number of nitrogens with zero attached hydrogens (tertiary/aromatic N) is 3. The highest BCUT2D eigenvalue weighted by Gasteiger charge is 2.39. The number of para-hydroxylation sites is 1. The lowest BCUT2D eigenvalue weighted by molar-refractivity contribution is -0.274. The van der Waals surface area contributed by atoms with Crippen LogP contribution in [0.3, 0.4) is 0 Å². The summed E-state index contributed by atoms with van der Waals surface area (Å²) in [5, 5.41) is 7.41. The molecule has 0 fully saturated rings. The van der Waals surface area contributed by atoms with Gasteiger partial charge in [-0.1, -0.05) is 31.2 Å². The third-order valence-electron chi connectivity index (χ3n) is 5.23. The van der Waals surface area contributed by atoms with Gasteiger partial charge in [0, 0.05) is 16.8 Å². The van der Waals surface area contributed by atoms with Crippen molar-refractivity contribution in [2.24, 2.45) is 5.92 Å². The largest absolute Gasteiger partial charge is 0.573 e. The van der Waals surface area contributed by atoms with Gasteiger partial charge < -0.3 is 14.2 Å².